The number of hydrogen-bond acceptors (Lipinski definition) is 1. The Morgan fingerprint density at radius 3 is 2.73 bits per heavy atom. The van der Waals surface area contributed by atoms with E-state index in [4.69, 9.17) is 0 Å². The fourth-order valence-corrected chi connectivity index (χ4v) is 2.13. The van der Waals surface area contributed by atoms with Gasteiger partial charge < -0.3 is 4.90 Å². The van der Waals surface area contributed by atoms with Crippen molar-refractivity contribution in [2.45, 2.75) is 33.2 Å². The lowest BCUT2D eigenvalue weighted by Gasteiger charge is -2.31. The molecule has 0 unspecified atom stereocenters. The first kappa shape index (κ1) is 10.2. The lowest BCUT2D eigenvalue weighted by atomic mass is 9.96. The lowest BCUT2D eigenvalue weighted by Crippen LogP contribution is -2.42. The molecule has 2 heteroatoms. The monoisotopic (exact) mass is 203 g/mol. The van der Waals surface area contributed by atoms with E-state index in [0.717, 1.165) is 18.5 Å². The van der Waals surface area contributed by atoms with Crippen LogP contribution in [-0.4, -0.2) is 23.4 Å². The Bertz CT molecular complexity index is 396. The quantitative estimate of drug-likeness (QED) is 0.686. The highest BCUT2D eigenvalue weighted by Crippen LogP contribution is 2.21. The molecule has 0 fully saturated rings. The third-order valence-corrected chi connectivity index (χ3v) is 3.00. The smallest absolute Gasteiger partial charge is 0.254 e. The first-order chi connectivity index (χ1) is 7.09. The zero-order valence-corrected chi connectivity index (χ0v) is 9.58. The standard InChI is InChI=1S/C13H17NO/c1-9(2)14-7-6-11-8-10(3)4-5-12(11)13(14)15/h4-5,8-9H,6-7H2,1-3H3. The van der Waals surface area contributed by atoms with Crippen LogP contribution in [0.5, 0.6) is 0 Å². The van der Waals surface area contributed by atoms with Gasteiger partial charge in [-0.3, -0.25) is 4.79 Å². The minimum absolute atomic E-state index is 0.186. The highest BCUT2D eigenvalue weighted by molar-refractivity contribution is 5.97. The molecule has 2 nitrogen and oxygen atoms in total. The third-order valence-electron chi connectivity index (χ3n) is 3.00. The van der Waals surface area contributed by atoms with Gasteiger partial charge in [0.25, 0.3) is 5.91 Å². The van der Waals surface area contributed by atoms with Crippen LogP contribution >= 0.6 is 0 Å². The van der Waals surface area contributed by atoms with Crippen LogP contribution in [0, 0.1) is 6.92 Å². The lowest BCUT2D eigenvalue weighted by molar-refractivity contribution is 0.0688. The second-order valence-corrected chi connectivity index (χ2v) is 4.50. The second kappa shape index (κ2) is 3.69. The maximum atomic E-state index is 12.1. The zero-order chi connectivity index (χ0) is 11.0. The third kappa shape index (κ3) is 1.76. The Morgan fingerprint density at radius 2 is 2.07 bits per heavy atom. The molecular weight excluding hydrogens is 186 g/mol. The van der Waals surface area contributed by atoms with Crippen molar-refractivity contribution in [1.29, 1.82) is 0 Å². The summed E-state index contributed by atoms with van der Waals surface area (Å²) >= 11 is 0. The van der Waals surface area contributed by atoms with Gasteiger partial charge in [-0.25, -0.2) is 0 Å². The Kier molecular flexibility index (Phi) is 2.51. The SMILES string of the molecule is Cc1ccc2c(c1)CCN(C(C)C)C2=O. The molecule has 0 bridgehead atoms. The molecule has 1 amide bonds. The molecule has 0 saturated carbocycles. The summed E-state index contributed by atoms with van der Waals surface area (Å²) in [6, 6.07) is 6.40. The highest BCUT2D eigenvalue weighted by Gasteiger charge is 2.25. The van der Waals surface area contributed by atoms with E-state index in [1.165, 1.54) is 11.1 Å². The Balaban J connectivity index is 2.39. The van der Waals surface area contributed by atoms with E-state index in [9.17, 15) is 4.79 Å². The molecule has 0 atom stereocenters. The van der Waals surface area contributed by atoms with E-state index in [0.29, 0.717) is 6.04 Å². The van der Waals surface area contributed by atoms with E-state index in [2.05, 4.69) is 26.8 Å². The Hall–Kier alpha value is -1.31. The first-order valence-corrected chi connectivity index (χ1v) is 5.50. The molecule has 1 aliphatic heterocycles. The van der Waals surface area contributed by atoms with Gasteiger partial charge in [0, 0.05) is 18.2 Å². The average molecular weight is 203 g/mol. The Labute approximate surface area is 90.9 Å². The van der Waals surface area contributed by atoms with Gasteiger partial charge in [-0.05, 0) is 38.8 Å². The van der Waals surface area contributed by atoms with Crippen LogP contribution in [0.4, 0.5) is 0 Å². The van der Waals surface area contributed by atoms with E-state index >= 15 is 0 Å². The van der Waals surface area contributed by atoms with Crippen molar-refractivity contribution in [3.05, 3.63) is 34.9 Å². The van der Waals surface area contributed by atoms with E-state index < -0.39 is 0 Å². The van der Waals surface area contributed by atoms with Gasteiger partial charge in [0.05, 0.1) is 0 Å². The van der Waals surface area contributed by atoms with Crippen molar-refractivity contribution in [1.82, 2.24) is 4.90 Å². The molecule has 0 aliphatic carbocycles. The van der Waals surface area contributed by atoms with Crippen LogP contribution < -0.4 is 0 Å². The van der Waals surface area contributed by atoms with Gasteiger partial charge in [-0.15, -0.1) is 0 Å². The zero-order valence-electron chi connectivity index (χ0n) is 9.58. The number of nitrogens with zero attached hydrogens (tertiary/aromatic N) is 1. The fourth-order valence-electron chi connectivity index (χ4n) is 2.13. The van der Waals surface area contributed by atoms with Crippen molar-refractivity contribution < 1.29 is 4.79 Å². The van der Waals surface area contributed by atoms with Crippen molar-refractivity contribution in [3.63, 3.8) is 0 Å². The molecule has 0 saturated heterocycles. The van der Waals surface area contributed by atoms with Crippen molar-refractivity contribution in [2.75, 3.05) is 6.54 Å². The first-order valence-electron chi connectivity index (χ1n) is 5.50. The molecule has 1 aromatic rings. The van der Waals surface area contributed by atoms with Gasteiger partial charge in [0.2, 0.25) is 0 Å². The van der Waals surface area contributed by atoms with Crippen LogP contribution in [0.15, 0.2) is 18.2 Å². The molecule has 1 aliphatic rings. The minimum atomic E-state index is 0.186. The van der Waals surface area contributed by atoms with Crippen LogP contribution in [0.2, 0.25) is 0 Å². The summed E-state index contributed by atoms with van der Waals surface area (Å²) in [5, 5.41) is 0. The van der Waals surface area contributed by atoms with Crippen LogP contribution in [0.25, 0.3) is 0 Å². The summed E-state index contributed by atoms with van der Waals surface area (Å²) in [4.78, 5) is 14.0. The number of aryl methyl sites for hydroxylation is 1. The fraction of sp³-hybridized carbons (Fsp3) is 0.462. The summed E-state index contributed by atoms with van der Waals surface area (Å²) in [5.74, 6) is 0.186. The highest BCUT2D eigenvalue weighted by atomic mass is 16.2. The number of rotatable bonds is 1. The number of fused-ring (bicyclic) bond motifs is 1. The van der Waals surface area contributed by atoms with Crippen LogP contribution in [-0.2, 0) is 6.42 Å². The summed E-state index contributed by atoms with van der Waals surface area (Å²) in [6.45, 7) is 7.06. The summed E-state index contributed by atoms with van der Waals surface area (Å²) in [5.41, 5.74) is 3.33. The molecule has 0 radical (unpaired) electrons. The maximum Gasteiger partial charge on any atom is 0.254 e. The van der Waals surface area contributed by atoms with Crippen molar-refractivity contribution in [3.8, 4) is 0 Å². The molecular formula is C13H17NO. The van der Waals surface area contributed by atoms with Crippen molar-refractivity contribution >= 4 is 5.91 Å². The topological polar surface area (TPSA) is 20.3 Å². The molecule has 2 rings (SSSR count). The van der Waals surface area contributed by atoms with E-state index in [1.54, 1.807) is 0 Å². The second-order valence-electron chi connectivity index (χ2n) is 4.50. The van der Waals surface area contributed by atoms with Gasteiger partial charge in [0.1, 0.15) is 0 Å². The number of carbonyl (C=O) groups excluding carboxylic acids is 1. The molecule has 15 heavy (non-hydrogen) atoms. The average Bonchev–Trinajstić information content (AvgIpc) is 2.17. The summed E-state index contributed by atoms with van der Waals surface area (Å²) < 4.78 is 0. The largest absolute Gasteiger partial charge is 0.336 e. The molecule has 0 aromatic heterocycles. The minimum Gasteiger partial charge on any atom is -0.336 e. The Morgan fingerprint density at radius 1 is 1.33 bits per heavy atom. The van der Waals surface area contributed by atoms with E-state index in [-0.39, 0.29) is 5.91 Å². The van der Waals surface area contributed by atoms with Crippen LogP contribution in [0.3, 0.4) is 0 Å². The molecule has 1 aromatic carbocycles. The predicted molar refractivity (Wildman–Crippen MR) is 61.1 cm³/mol. The van der Waals surface area contributed by atoms with Crippen LogP contribution in [0.1, 0.15) is 35.3 Å². The van der Waals surface area contributed by atoms with Crippen molar-refractivity contribution in [2.24, 2.45) is 0 Å². The van der Waals surface area contributed by atoms with Gasteiger partial charge in [-0.1, -0.05) is 17.7 Å². The van der Waals surface area contributed by atoms with Gasteiger partial charge >= 0.3 is 0 Å². The number of amides is 1. The van der Waals surface area contributed by atoms with E-state index in [1.807, 2.05) is 17.0 Å². The number of carbonyl (C=O) groups is 1. The molecule has 80 valence electrons. The maximum absolute atomic E-state index is 12.1. The number of hydrogen-bond donors (Lipinski definition) is 0. The number of benzene rings is 1. The summed E-state index contributed by atoms with van der Waals surface area (Å²) in [7, 11) is 0. The van der Waals surface area contributed by atoms with Gasteiger partial charge in [-0.2, -0.15) is 0 Å². The predicted octanol–water partition coefficient (Wildman–Crippen LogP) is 2.40. The molecule has 1 heterocycles. The van der Waals surface area contributed by atoms with Gasteiger partial charge in [0.15, 0.2) is 0 Å². The normalized spacial score (nSPS) is 15.7. The summed E-state index contributed by atoms with van der Waals surface area (Å²) in [6.07, 6.45) is 0.987. The molecule has 0 spiro atoms. The molecule has 0 N–H and O–H groups in total.